The second-order valence-corrected chi connectivity index (χ2v) is 7.98. The fourth-order valence-electron chi connectivity index (χ4n) is 1.78. The zero-order chi connectivity index (χ0) is 18.1. The second-order valence-electron chi connectivity index (χ2n) is 4.80. The first-order chi connectivity index (χ1) is 12.0. The summed E-state index contributed by atoms with van der Waals surface area (Å²) in [7, 11) is 1.66. The van der Waals surface area contributed by atoms with Gasteiger partial charge in [0.25, 0.3) is 0 Å². The summed E-state index contributed by atoms with van der Waals surface area (Å²) in [5, 5.41) is 9.70. The quantitative estimate of drug-likeness (QED) is 0.302. The van der Waals surface area contributed by atoms with Crippen LogP contribution in [0.1, 0.15) is 17.1 Å². The smallest absolute Gasteiger partial charge is 0.356 e. The molecule has 0 atom stereocenters. The average molecular weight is 410 g/mol. The van der Waals surface area contributed by atoms with Crippen LogP contribution in [0.25, 0.3) is 0 Å². The molecule has 0 aliphatic carbocycles. The van der Waals surface area contributed by atoms with E-state index in [1.54, 1.807) is 36.3 Å². The van der Waals surface area contributed by atoms with Crippen LogP contribution >= 0.6 is 34.4 Å². The Kier molecular flexibility index (Phi) is 7.97. The van der Waals surface area contributed by atoms with Crippen LogP contribution in [-0.4, -0.2) is 41.8 Å². The van der Waals surface area contributed by atoms with Crippen LogP contribution in [-0.2, 0) is 12.6 Å². The average Bonchev–Trinajstić information content (AvgIpc) is 3.24. The number of halogens is 3. The summed E-state index contributed by atoms with van der Waals surface area (Å²) in [5.74, 6) is 1.59. The van der Waals surface area contributed by atoms with Crippen molar-refractivity contribution in [2.45, 2.75) is 23.4 Å². The van der Waals surface area contributed by atoms with E-state index in [0.29, 0.717) is 23.9 Å². The van der Waals surface area contributed by atoms with Gasteiger partial charge in [-0.15, -0.1) is 22.7 Å². The minimum absolute atomic E-state index is 0.418. The van der Waals surface area contributed by atoms with Gasteiger partial charge in [0, 0.05) is 49.3 Å². The molecule has 0 saturated carbocycles. The number of thioether (sulfide) groups is 1. The zero-order valence-electron chi connectivity index (χ0n) is 13.5. The van der Waals surface area contributed by atoms with Crippen LogP contribution in [0.5, 0.6) is 0 Å². The molecular weight excluding hydrogens is 391 g/mol. The fraction of sp³-hybridized carbons (Fsp3) is 0.500. The van der Waals surface area contributed by atoms with Crippen molar-refractivity contribution in [1.82, 2.24) is 20.6 Å². The largest absolute Gasteiger partial charge is 0.434 e. The molecule has 0 aliphatic rings. The van der Waals surface area contributed by atoms with Crippen LogP contribution in [0.2, 0.25) is 0 Å². The zero-order valence-corrected chi connectivity index (χ0v) is 15.9. The van der Waals surface area contributed by atoms with E-state index < -0.39 is 11.9 Å². The summed E-state index contributed by atoms with van der Waals surface area (Å²) in [6.07, 6.45) is -1.22. The fourth-order valence-corrected chi connectivity index (χ4v) is 4.24. The molecule has 11 heteroatoms. The van der Waals surface area contributed by atoms with Crippen LogP contribution in [0.15, 0.2) is 26.3 Å². The molecule has 0 spiro atoms. The number of aliphatic imine (C=N–C) groups is 1. The molecule has 0 unspecified atom stereocenters. The van der Waals surface area contributed by atoms with E-state index in [9.17, 15) is 13.2 Å². The maximum atomic E-state index is 12.5. The van der Waals surface area contributed by atoms with E-state index in [-0.39, 0.29) is 0 Å². The van der Waals surface area contributed by atoms with Crippen molar-refractivity contribution < 1.29 is 13.2 Å². The van der Waals surface area contributed by atoms with E-state index in [0.717, 1.165) is 39.8 Å². The van der Waals surface area contributed by atoms with Crippen LogP contribution in [0, 0.1) is 0 Å². The highest BCUT2D eigenvalue weighted by atomic mass is 32.2. The van der Waals surface area contributed by atoms with Crippen LogP contribution < -0.4 is 10.6 Å². The summed E-state index contributed by atoms with van der Waals surface area (Å²) >= 11 is 4.36. The molecule has 25 heavy (non-hydrogen) atoms. The monoisotopic (exact) mass is 409 g/mol. The van der Waals surface area contributed by atoms with Gasteiger partial charge in [0.2, 0.25) is 0 Å². The lowest BCUT2D eigenvalue weighted by atomic mass is 10.4. The predicted octanol–water partition coefficient (Wildman–Crippen LogP) is 3.51. The van der Waals surface area contributed by atoms with E-state index in [1.165, 1.54) is 0 Å². The number of alkyl halides is 3. The number of aromatic nitrogens is 2. The summed E-state index contributed by atoms with van der Waals surface area (Å²) in [5.41, 5.74) is -0.826. The first kappa shape index (κ1) is 20.0. The topological polar surface area (TPSA) is 62.2 Å². The van der Waals surface area contributed by atoms with Gasteiger partial charge in [0.1, 0.15) is 4.34 Å². The van der Waals surface area contributed by atoms with Gasteiger partial charge in [0.15, 0.2) is 11.7 Å². The van der Waals surface area contributed by atoms with Gasteiger partial charge in [-0.05, 0) is 6.42 Å². The Balaban J connectivity index is 1.61. The van der Waals surface area contributed by atoms with Gasteiger partial charge in [-0.2, -0.15) is 13.2 Å². The van der Waals surface area contributed by atoms with Crippen molar-refractivity contribution in [2.75, 3.05) is 25.9 Å². The number of guanidine groups is 1. The van der Waals surface area contributed by atoms with Gasteiger partial charge in [-0.1, -0.05) is 11.8 Å². The second kappa shape index (κ2) is 9.97. The van der Waals surface area contributed by atoms with Crippen molar-refractivity contribution >= 4 is 40.4 Å². The van der Waals surface area contributed by atoms with Gasteiger partial charge in [-0.3, -0.25) is 4.99 Å². The third-order valence-electron chi connectivity index (χ3n) is 2.95. The molecule has 0 amide bonds. The van der Waals surface area contributed by atoms with Crippen LogP contribution in [0.4, 0.5) is 13.2 Å². The Labute approximate surface area is 156 Å². The normalized spacial score (nSPS) is 12.4. The lowest BCUT2D eigenvalue weighted by molar-refractivity contribution is -0.140. The first-order valence-corrected chi connectivity index (χ1v) is 10.2. The summed E-state index contributed by atoms with van der Waals surface area (Å²) < 4.78 is 38.5. The highest BCUT2D eigenvalue weighted by molar-refractivity contribution is 8.00. The summed E-state index contributed by atoms with van der Waals surface area (Å²) in [6.45, 7) is 1.23. The lowest BCUT2D eigenvalue weighted by Crippen LogP contribution is -2.38. The molecule has 2 aromatic rings. The Morgan fingerprint density at radius 2 is 2.08 bits per heavy atom. The van der Waals surface area contributed by atoms with Crippen molar-refractivity contribution in [2.24, 2.45) is 4.99 Å². The van der Waals surface area contributed by atoms with E-state index >= 15 is 0 Å². The maximum Gasteiger partial charge on any atom is 0.434 e. The molecule has 2 N–H and O–H groups in total. The molecule has 0 radical (unpaired) electrons. The molecule has 2 rings (SSSR count). The lowest BCUT2D eigenvalue weighted by Gasteiger charge is -2.11. The van der Waals surface area contributed by atoms with Crippen molar-refractivity contribution in [3.05, 3.63) is 27.7 Å². The molecule has 0 fully saturated rings. The van der Waals surface area contributed by atoms with Gasteiger partial charge in [-0.25, -0.2) is 9.97 Å². The SMILES string of the molecule is CN=C(NCCCSc1nccs1)NCCc1nc(C(F)(F)F)cs1. The molecule has 5 nitrogen and oxygen atoms in total. The van der Waals surface area contributed by atoms with Gasteiger partial charge >= 0.3 is 6.18 Å². The molecule has 0 aromatic carbocycles. The number of nitrogens with zero attached hydrogens (tertiary/aromatic N) is 3. The molecule has 0 bridgehead atoms. The molecule has 0 saturated heterocycles. The highest BCUT2D eigenvalue weighted by Crippen LogP contribution is 2.30. The standard InChI is InChI=1S/C14H18F3N5S3/c1-18-12(19-4-2-7-23-13-21-6-8-24-13)20-5-3-11-22-10(9-25-11)14(15,16)17/h6,8-9H,2-5,7H2,1H3,(H2,18,19,20). The number of nitrogens with one attached hydrogen (secondary N) is 2. The van der Waals surface area contributed by atoms with Crippen molar-refractivity contribution in [3.8, 4) is 0 Å². The third-order valence-corrected chi connectivity index (χ3v) is 5.91. The minimum Gasteiger partial charge on any atom is -0.356 e. The summed E-state index contributed by atoms with van der Waals surface area (Å²) in [4.78, 5) is 11.9. The Morgan fingerprint density at radius 1 is 1.28 bits per heavy atom. The molecule has 0 aliphatic heterocycles. The minimum atomic E-state index is -4.38. The van der Waals surface area contributed by atoms with E-state index in [4.69, 9.17) is 0 Å². The highest BCUT2D eigenvalue weighted by Gasteiger charge is 2.33. The Hall–Kier alpha value is -1.33. The van der Waals surface area contributed by atoms with Crippen molar-refractivity contribution in [3.63, 3.8) is 0 Å². The number of hydrogen-bond acceptors (Lipinski definition) is 6. The van der Waals surface area contributed by atoms with Crippen molar-refractivity contribution in [1.29, 1.82) is 0 Å². The van der Waals surface area contributed by atoms with Gasteiger partial charge < -0.3 is 10.6 Å². The Morgan fingerprint density at radius 3 is 2.72 bits per heavy atom. The molecular formula is C14H18F3N5S3. The van der Waals surface area contributed by atoms with Crippen LogP contribution in [0.3, 0.4) is 0 Å². The van der Waals surface area contributed by atoms with E-state index in [2.05, 4.69) is 25.6 Å². The molecule has 138 valence electrons. The Bertz CT molecular complexity index is 655. The summed E-state index contributed by atoms with van der Waals surface area (Å²) in [6, 6.07) is 0. The molecule has 2 aromatic heterocycles. The first-order valence-electron chi connectivity index (χ1n) is 7.47. The predicted molar refractivity (Wildman–Crippen MR) is 97.6 cm³/mol. The number of hydrogen-bond donors (Lipinski definition) is 2. The number of rotatable bonds is 8. The maximum absolute atomic E-state index is 12.5. The third kappa shape index (κ3) is 7.20. The van der Waals surface area contributed by atoms with Gasteiger partial charge in [0.05, 0.1) is 5.01 Å². The number of thiazole rings is 2. The molecule has 2 heterocycles. The van der Waals surface area contributed by atoms with E-state index in [1.807, 2.05) is 5.38 Å².